The molecule has 1 saturated carbocycles. The van der Waals surface area contributed by atoms with Crippen molar-refractivity contribution >= 4 is 17.9 Å². The standard InChI is InChI=1S/C19H28F2O6/c1-14(2)18(24)26-11-7-6-10-25-16(22)12-19(20,21)13-17(23)27-15-8-4-3-5-9-15/h15H,1,3-13H2,2H3. The number of hydrogen-bond acceptors (Lipinski definition) is 6. The Bertz CT molecular complexity index is 526. The first-order valence-electron chi connectivity index (χ1n) is 9.25. The van der Waals surface area contributed by atoms with Gasteiger partial charge in [0.1, 0.15) is 18.9 Å². The fourth-order valence-electron chi connectivity index (χ4n) is 2.62. The van der Waals surface area contributed by atoms with E-state index in [9.17, 15) is 23.2 Å². The minimum atomic E-state index is -3.50. The molecule has 0 aliphatic heterocycles. The van der Waals surface area contributed by atoms with Crippen LogP contribution in [0.1, 0.15) is 64.7 Å². The Balaban J connectivity index is 2.16. The zero-order chi connectivity index (χ0) is 20.3. The molecule has 0 N–H and O–H groups in total. The minimum Gasteiger partial charge on any atom is -0.466 e. The van der Waals surface area contributed by atoms with Gasteiger partial charge in [-0.2, -0.15) is 0 Å². The van der Waals surface area contributed by atoms with Crippen LogP contribution in [0, 0.1) is 0 Å². The quantitative estimate of drug-likeness (QED) is 0.232. The molecule has 1 aliphatic carbocycles. The zero-order valence-electron chi connectivity index (χ0n) is 15.8. The van der Waals surface area contributed by atoms with Gasteiger partial charge in [-0.25, -0.2) is 13.6 Å². The summed E-state index contributed by atoms with van der Waals surface area (Å²) in [6.07, 6.45) is 2.50. The highest BCUT2D eigenvalue weighted by Gasteiger charge is 2.37. The molecular weight excluding hydrogens is 362 g/mol. The summed E-state index contributed by atoms with van der Waals surface area (Å²) in [4.78, 5) is 34.3. The molecule has 0 bridgehead atoms. The number of unbranched alkanes of at least 4 members (excludes halogenated alkanes) is 1. The summed E-state index contributed by atoms with van der Waals surface area (Å²) in [7, 11) is 0. The molecule has 0 atom stereocenters. The van der Waals surface area contributed by atoms with E-state index in [2.05, 4.69) is 6.58 Å². The maximum atomic E-state index is 13.8. The maximum Gasteiger partial charge on any atom is 0.333 e. The molecule has 0 radical (unpaired) electrons. The summed E-state index contributed by atoms with van der Waals surface area (Å²) in [6, 6.07) is 0. The molecule has 0 unspecified atom stereocenters. The summed E-state index contributed by atoms with van der Waals surface area (Å²) in [5, 5.41) is 0. The van der Waals surface area contributed by atoms with Crippen LogP contribution >= 0.6 is 0 Å². The average Bonchev–Trinajstić information content (AvgIpc) is 2.57. The Morgan fingerprint density at radius 2 is 1.52 bits per heavy atom. The number of carbonyl (C=O) groups excluding carboxylic acids is 3. The lowest BCUT2D eigenvalue weighted by Gasteiger charge is -2.23. The fourth-order valence-corrected chi connectivity index (χ4v) is 2.62. The van der Waals surface area contributed by atoms with Gasteiger partial charge in [0, 0.05) is 5.57 Å². The van der Waals surface area contributed by atoms with E-state index in [0.717, 1.165) is 19.3 Å². The molecule has 0 aromatic heterocycles. The molecule has 0 aromatic rings. The van der Waals surface area contributed by atoms with Gasteiger partial charge in [-0.1, -0.05) is 13.0 Å². The SMILES string of the molecule is C=C(C)C(=O)OCCCCOC(=O)CC(F)(F)CC(=O)OC1CCCCC1. The molecule has 0 saturated heterocycles. The molecule has 1 aliphatic rings. The van der Waals surface area contributed by atoms with Crippen LogP contribution in [-0.4, -0.2) is 43.1 Å². The second-order valence-electron chi connectivity index (χ2n) is 6.80. The van der Waals surface area contributed by atoms with Crippen LogP contribution in [0.15, 0.2) is 12.2 Å². The van der Waals surface area contributed by atoms with E-state index in [1.54, 1.807) is 0 Å². The predicted molar refractivity (Wildman–Crippen MR) is 93.1 cm³/mol. The van der Waals surface area contributed by atoms with E-state index in [-0.39, 0.29) is 24.9 Å². The first-order chi connectivity index (χ1) is 12.7. The molecule has 0 heterocycles. The molecule has 27 heavy (non-hydrogen) atoms. The first-order valence-corrected chi connectivity index (χ1v) is 9.25. The van der Waals surface area contributed by atoms with Crippen molar-refractivity contribution in [3.63, 3.8) is 0 Å². The Labute approximate surface area is 158 Å². The molecule has 154 valence electrons. The molecule has 0 spiro atoms. The highest BCUT2D eigenvalue weighted by Crippen LogP contribution is 2.26. The second-order valence-corrected chi connectivity index (χ2v) is 6.80. The normalized spacial score (nSPS) is 15.1. The van der Waals surface area contributed by atoms with Gasteiger partial charge in [0.05, 0.1) is 13.2 Å². The van der Waals surface area contributed by atoms with Crippen molar-refractivity contribution in [3.05, 3.63) is 12.2 Å². The van der Waals surface area contributed by atoms with E-state index < -0.39 is 36.7 Å². The average molecular weight is 390 g/mol. The second kappa shape index (κ2) is 11.7. The van der Waals surface area contributed by atoms with E-state index in [1.165, 1.54) is 6.92 Å². The maximum absolute atomic E-state index is 13.8. The van der Waals surface area contributed by atoms with Gasteiger partial charge in [0.2, 0.25) is 0 Å². The Morgan fingerprint density at radius 1 is 0.963 bits per heavy atom. The van der Waals surface area contributed by atoms with Crippen molar-refractivity contribution in [2.45, 2.75) is 76.7 Å². The van der Waals surface area contributed by atoms with Crippen LogP contribution < -0.4 is 0 Å². The Morgan fingerprint density at radius 3 is 2.11 bits per heavy atom. The van der Waals surface area contributed by atoms with Crippen molar-refractivity contribution in [3.8, 4) is 0 Å². The van der Waals surface area contributed by atoms with Crippen LogP contribution in [0.5, 0.6) is 0 Å². The number of rotatable bonds is 11. The van der Waals surface area contributed by atoms with Gasteiger partial charge in [-0.3, -0.25) is 9.59 Å². The van der Waals surface area contributed by atoms with Crippen LogP contribution in [0.3, 0.4) is 0 Å². The molecule has 6 nitrogen and oxygen atoms in total. The summed E-state index contributed by atoms with van der Waals surface area (Å²) in [5.74, 6) is -6.07. The number of carbonyl (C=O) groups is 3. The third-order valence-corrected chi connectivity index (χ3v) is 4.04. The largest absolute Gasteiger partial charge is 0.466 e. The van der Waals surface area contributed by atoms with Gasteiger partial charge >= 0.3 is 17.9 Å². The Hall–Kier alpha value is -1.99. The van der Waals surface area contributed by atoms with Crippen molar-refractivity contribution < 1.29 is 37.4 Å². The Kier molecular flexibility index (Phi) is 9.96. The first kappa shape index (κ1) is 23.0. The highest BCUT2D eigenvalue weighted by molar-refractivity contribution is 5.86. The summed E-state index contributed by atoms with van der Waals surface area (Å²) in [5.41, 5.74) is 0.283. The van der Waals surface area contributed by atoms with E-state index >= 15 is 0 Å². The molecule has 1 rings (SSSR count). The lowest BCUT2D eigenvalue weighted by atomic mass is 9.98. The molecule has 0 aromatic carbocycles. The number of ether oxygens (including phenoxy) is 3. The lowest BCUT2D eigenvalue weighted by molar-refractivity contribution is -0.163. The molecule has 0 amide bonds. The summed E-state index contributed by atoms with van der Waals surface area (Å²) >= 11 is 0. The van der Waals surface area contributed by atoms with E-state index in [0.29, 0.717) is 25.7 Å². The van der Waals surface area contributed by atoms with Crippen molar-refractivity contribution in [1.82, 2.24) is 0 Å². The van der Waals surface area contributed by atoms with Crippen LogP contribution in [0.4, 0.5) is 8.78 Å². The van der Waals surface area contributed by atoms with Gasteiger partial charge in [0.25, 0.3) is 5.92 Å². The molecule has 8 heteroatoms. The predicted octanol–water partition coefficient (Wildman–Crippen LogP) is 3.72. The summed E-state index contributed by atoms with van der Waals surface area (Å²) in [6.45, 7) is 5.02. The van der Waals surface area contributed by atoms with Gasteiger partial charge in [0.15, 0.2) is 0 Å². The number of alkyl halides is 2. The molecule has 1 fully saturated rings. The van der Waals surface area contributed by atoms with E-state index in [4.69, 9.17) is 14.2 Å². The van der Waals surface area contributed by atoms with Crippen LogP contribution in [0.2, 0.25) is 0 Å². The third-order valence-electron chi connectivity index (χ3n) is 4.04. The van der Waals surface area contributed by atoms with E-state index in [1.807, 2.05) is 0 Å². The summed E-state index contributed by atoms with van der Waals surface area (Å²) < 4.78 is 42.2. The lowest BCUT2D eigenvalue weighted by Crippen LogP contribution is -2.29. The van der Waals surface area contributed by atoms with Gasteiger partial charge in [-0.05, 0) is 45.4 Å². The topological polar surface area (TPSA) is 78.9 Å². The van der Waals surface area contributed by atoms with Crippen LogP contribution in [-0.2, 0) is 28.6 Å². The highest BCUT2D eigenvalue weighted by atomic mass is 19.3. The van der Waals surface area contributed by atoms with Gasteiger partial charge < -0.3 is 14.2 Å². The number of esters is 3. The monoisotopic (exact) mass is 390 g/mol. The van der Waals surface area contributed by atoms with Gasteiger partial charge in [-0.15, -0.1) is 0 Å². The third kappa shape index (κ3) is 10.7. The fraction of sp³-hybridized carbons (Fsp3) is 0.737. The molecular formula is C19H28F2O6. The number of hydrogen-bond donors (Lipinski definition) is 0. The van der Waals surface area contributed by atoms with Crippen LogP contribution in [0.25, 0.3) is 0 Å². The zero-order valence-corrected chi connectivity index (χ0v) is 15.8. The van der Waals surface area contributed by atoms with Crippen molar-refractivity contribution in [2.24, 2.45) is 0 Å². The van der Waals surface area contributed by atoms with Crippen molar-refractivity contribution in [1.29, 1.82) is 0 Å². The minimum absolute atomic E-state index is 0.0634. The van der Waals surface area contributed by atoms with Crippen molar-refractivity contribution in [2.75, 3.05) is 13.2 Å². The number of halogens is 2. The smallest absolute Gasteiger partial charge is 0.333 e.